The molecule has 0 saturated carbocycles. The Morgan fingerprint density at radius 1 is 1.47 bits per heavy atom. The molecule has 1 N–H and O–H groups in total. The van der Waals surface area contributed by atoms with Crippen LogP contribution in [0.3, 0.4) is 0 Å². The molecule has 2 rings (SSSR count). The van der Waals surface area contributed by atoms with Gasteiger partial charge in [0.15, 0.2) is 0 Å². The van der Waals surface area contributed by atoms with Gasteiger partial charge in [-0.2, -0.15) is 5.26 Å². The summed E-state index contributed by atoms with van der Waals surface area (Å²) >= 11 is 0. The number of benzene rings is 1. The average molecular weight is 202 g/mol. The number of nitriles is 1. The lowest BCUT2D eigenvalue weighted by Crippen LogP contribution is -2.31. The molecule has 0 aromatic heterocycles. The van der Waals surface area contributed by atoms with Crippen molar-refractivity contribution in [2.45, 2.75) is 12.8 Å². The van der Waals surface area contributed by atoms with Crippen LogP contribution in [0.4, 0.5) is 5.69 Å². The van der Waals surface area contributed by atoms with E-state index < -0.39 is 0 Å². The van der Waals surface area contributed by atoms with Crippen LogP contribution in [0.5, 0.6) is 0 Å². The molecule has 0 unspecified atom stereocenters. The van der Waals surface area contributed by atoms with Gasteiger partial charge in [-0.05, 0) is 36.6 Å². The number of aliphatic hydroxyl groups excluding tert-OH is 1. The van der Waals surface area contributed by atoms with Gasteiger partial charge in [0.05, 0.1) is 18.2 Å². The molecule has 3 heteroatoms. The second-order valence-corrected chi connectivity index (χ2v) is 3.77. The number of anilines is 1. The Bertz CT molecular complexity index is 395. The molecule has 0 radical (unpaired) electrons. The van der Waals surface area contributed by atoms with Crippen molar-refractivity contribution in [1.29, 1.82) is 5.26 Å². The second-order valence-electron chi connectivity index (χ2n) is 3.77. The van der Waals surface area contributed by atoms with E-state index in [4.69, 9.17) is 10.4 Å². The summed E-state index contributed by atoms with van der Waals surface area (Å²) in [6.07, 6.45) is 2.13. The Labute approximate surface area is 89.6 Å². The summed E-state index contributed by atoms with van der Waals surface area (Å²) in [4.78, 5) is 2.18. The van der Waals surface area contributed by atoms with Gasteiger partial charge in [-0.25, -0.2) is 0 Å². The van der Waals surface area contributed by atoms with Gasteiger partial charge < -0.3 is 10.0 Å². The van der Waals surface area contributed by atoms with Gasteiger partial charge in [-0.3, -0.25) is 0 Å². The van der Waals surface area contributed by atoms with Gasteiger partial charge in [0, 0.05) is 18.8 Å². The maximum atomic E-state index is 8.95. The average Bonchev–Trinajstić information content (AvgIpc) is 2.29. The fourth-order valence-electron chi connectivity index (χ4n) is 2.10. The number of aryl methyl sites for hydroxylation is 1. The van der Waals surface area contributed by atoms with Crippen LogP contribution in [-0.4, -0.2) is 24.8 Å². The molecule has 0 fully saturated rings. The lowest BCUT2D eigenvalue weighted by atomic mass is 9.99. The highest BCUT2D eigenvalue weighted by molar-refractivity contribution is 5.58. The van der Waals surface area contributed by atoms with E-state index in [1.54, 1.807) is 0 Å². The molecule has 1 aliphatic rings. The van der Waals surface area contributed by atoms with E-state index in [0.29, 0.717) is 6.54 Å². The molecule has 0 amide bonds. The van der Waals surface area contributed by atoms with Crippen LogP contribution in [0.1, 0.15) is 17.5 Å². The number of hydrogen-bond donors (Lipinski definition) is 1. The molecular weight excluding hydrogens is 188 g/mol. The molecule has 0 saturated heterocycles. The van der Waals surface area contributed by atoms with Crippen molar-refractivity contribution in [2.75, 3.05) is 24.6 Å². The number of β-amino-alcohol motifs (C(OH)–C–C–N with tert-alkyl or cyclic N) is 1. The summed E-state index contributed by atoms with van der Waals surface area (Å²) < 4.78 is 0. The Morgan fingerprint density at radius 2 is 2.33 bits per heavy atom. The highest BCUT2D eigenvalue weighted by Crippen LogP contribution is 2.27. The zero-order valence-corrected chi connectivity index (χ0v) is 8.61. The first kappa shape index (κ1) is 10.0. The standard InChI is InChI=1S/C12H14N2O/c13-9-10-3-4-12-11(8-10)2-1-5-14(12)6-7-15/h3-4,8,15H,1-2,5-7H2. The predicted octanol–water partition coefficient (Wildman–Crippen LogP) is 1.30. The molecule has 1 aromatic carbocycles. The quantitative estimate of drug-likeness (QED) is 0.786. The highest BCUT2D eigenvalue weighted by Gasteiger charge is 2.16. The molecule has 15 heavy (non-hydrogen) atoms. The van der Waals surface area contributed by atoms with Crippen LogP contribution in [0.15, 0.2) is 18.2 Å². The maximum absolute atomic E-state index is 8.95. The SMILES string of the molecule is N#Cc1ccc2c(c1)CCCN2CCO. The van der Waals surface area contributed by atoms with E-state index in [-0.39, 0.29) is 6.61 Å². The second kappa shape index (κ2) is 4.33. The van der Waals surface area contributed by atoms with Crippen molar-refractivity contribution in [3.05, 3.63) is 29.3 Å². The summed E-state index contributed by atoms with van der Waals surface area (Å²) in [5.41, 5.74) is 3.13. The molecule has 0 bridgehead atoms. The minimum absolute atomic E-state index is 0.180. The third kappa shape index (κ3) is 1.95. The zero-order valence-electron chi connectivity index (χ0n) is 8.61. The van der Waals surface area contributed by atoms with Crippen LogP contribution >= 0.6 is 0 Å². The monoisotopic (exact) mass is 202 g/mol. The first-order valence-electron chi connectivity index (χ1n) is 5.24. The fraction of sp³-hybridized carbons (Fsp3) is 0.417. The molecule has 0 spiro atoms. The Balaban J connectivity index is 2.33. The van der Waals surface area contributed by atoms with Crippen LogP contribution in [0.2, 0.25) is 0 Å². The molecule has 0 aliphatic carbocycles. The van der Waals surface area contributed by atoms with Crippen LogP contribution < -0.4 is 4.90 Å². The van der Waals surface area contributed by atoms with Crippen molar-refractivity contribution in [1.82, 2.24) is 0 Å². The minimum Gasteiger partial charge on any atom is -0.395 e. The van der Waals surface area contributed by atoms with E-state index in [1.165, 1.54) is 11.3 Å². The highest BCUT2D eigenvalue weighted by atomic mass is 16.3. The van der Waals surface area contributed by atoms with Crippen molar-refractivity contribution >= 4 is 5.69 Å². The summed E-state index contributed by atoms with van der Waals surface area (Å²) in [5.74, 6) is 0. The summed E-state index contributed by atoms with van der Waals surface area (Å²) in [6.45, 7) is 1.86. The normalized spacial score (nSPS) is 14.5. The largest absolute Gasteiger partial charge is 0.395 e. The zero-order chi connectivity index (χ0) is 10.7. The van der Waals surface area contributed by atoms with E-state index in [1.807, 2.05) is 18.2 Å². The Hall–Kier alpha value is -1.53. The number of fused-ring (bicyclic) bond motifs is 1. The number of nitrogens with zero attached hydrogens (tertiary/aromatic N) is 2. The van der Waals surface area contributed by atoms with E-state index in [9.17, 15) is 0 Å². The van der Waals surface area contributed by atoms with Crippen molar-refractivity contribution < 1.29 is 5.11 Å². The minimum atomic E-state index is 0.180. The summed E-state index contributed by atoms with van der Waals surface area (Å²) in [7, 11) is 0. The third-order valence-corrected chi connectivity index (χ3v) is 2.79. The molecule has 78 valence electrons. The van der Waals surface area contributed by atoms with Gasteiger partial charge in [0.1, 0.15) is 0 Å². The number of hydrogen-bond acceptors (Lipinski definition) is 3. The molecular formula is C12H14N2O. The summed E-state index contributed by atoms with van der Waals surface area (Å²) in [5, 5.41) is 17.8. The molecule has 3 nitrogen and oxygen atoms in total. The lowest BCUT2D eigenvalue weighted by Gasteiger charge is -2.30. The first-order valence-corrected chi connectivity index (χ1v) is 5.24. The van der Waals surface area contributed by atoms with Gasteiger partial charge in [-0.1, -0.05) is 0 Å². The fourth-order valence-corrected chi connectivity index (χ4v) is 2.10. The summed E-state index contributed by atoms with van der Waals surface area (Å²) in [6, 6.07) is 7.94. The van der Waals surface area contributed by atoms with E-state index in [2.05, 4.69) is 11.0 Å². The van der Waals surface area contributed by atoms with Gasteiger partial charge in [-0.15, -0.1) is 0 Å². The number of aliphatic hydroxyl groups is 1. The van der Waals surface area contributed by atoms with Crippen LogP contribution in [0.25, 0.3) is 0 Å². The maximum Gasteiger partial charge on any atom is 0.0991 e. The van der Waals surface area contributed by atoms with Gasteiger partial charge >= 0.3 is 0 Å². The predicted molar refractivity (Wildman–Crippen MR) is 58.8 cm³/mol. The lowest BCUT2D eigenvalue weighted by molar-refractivity contribution is 0.301. The Kier molecular flexibility index (Phi) is 2.89. The van der Waals surface area contributed by atoms with Crippen molar-refractivity contribution in [2.24, 2.45) is 0 Å². The topological polar surface area (TPSA) is 47.3 Å². The van der Waals surface area contributed by atoms with Gasteiger partial charge in [0.25, 0.3) is 0 Å². The van der Waals surface area contributed by atoms with Crippen molar-refractivity contribution in [3.63, 3.8) is 0 Å². The molecule has 0 atom stereocenters. The van der Waals surface area contributed by atoms with Crippen LogP contribution in [-0.2, 0) is 6.42 Å². The third-order valence-electron chi connectivity index (χ3n) is 2.79. The number of rotatable bonds is 2. The van der Waals surface area contributed by atoms with Crippen LogP contribution in [0, 0.1) is 11.3 Å². The van der Waals surface area contributed by atoms with Gasteiger partial charge in [0.2, 0.25) is 0 Å². The van der Waals surface area contributed by atoms with E-state index in [0.717, 1.165) is 24.9 Å². The van der Waals surface area contributed by atoms with Crippen molar-refractivity contribution in [3.8, 4) is 6.07 Å². The molecule has 1 aromatic rings. The van der Waals surface area contributed by atoms with E-state index >= 15 is 0 Å². The smallest absolute Gasteiger partial charge is 0.0991 e. The first-order chi connectivity index (χ1) is 7.35. The Morgan fingerprint density at radius 3 is 3.07 bits per heavy atom. The molecule has 1 aliphatic heterocycles. The molecule has 1 heterocycles.